The van der Waals surface area contributed by atoms with E-state index < -0.39 is 0 Å². The summed E-state index contributed by atoms with van der Waals surface area (Å²) in [5, 5.41) is 3.50. The molecule has 0 spiro atoms. The third kappa shape index (κ3) is 1.93. The molecule has 2 rings (SSSR count). The Kier molecular flexibility index (Phi) is 3.11. The molecule has 1 heteroatoms. The lowest BCUT2D eigenvalue weighted by molar-refractivity contribution is 0.415. The molecular formula is C14H21N. The van der Waals surface area contributed by atoms with Gasteiger partial charge in [0.1, 0.15) is 0 Å². The molecule has 1 aliphatic rings. The Hall–Kier alpha value is -0.820. The summed E-state index contributed by atoms with van der Waals surface area (Å²) in [7, 11) is 2.10. The highest BCUT2D eigenvalue weighted by Crippen LogP contribution is 2.51. The van der Waals surface area contributed by atoms with E-state index in [-0.39, 0.29) is 0 Å². The van der Waals surface area contributed by atoms with Gasteiger partial charge in [0.15, 0.2) is 0 Å². The standard InChI is InChI=1S/C14H21N/c1-3-7-13(15-2)14(10-11-14)12-8-5-4-6-9-12/h4-6,8-9,13,15H,3,7,10-11H2,1-2H3. The summed E-state index contributed by atoms with van der Waals surface area (Å²) >= 11 is 0. The second kappa shape index (κ2) is 4.36. The van der Waals surface area contributed by atoms with Gasteiger partial charge in [0, 0.05) is 11.5 Å². The van der Waals surface area contributed by atoms with E-state index in [2.05, 4.69) is 49.6 Å². The number of likely N-dealkylation sites (N-methyl/N-ethyl adjacent to an activating group) is 1. The molecule has 0 heterocycles. The van der Waals surface area contributed by atoms with Gasteiger partial charge in [0.05, 0.1) is 0 Å². The maximum absolute atomic E-state index is 3.50. The minimum atomic E-state index is 0.450. The number of benzene rings is 1. The second-order valence-corrected chi connectivity index (χ2v) is 4.65. The molecule has 1 saturated carbocycles. The maximum atomic E-state index is 3.50. The fourth-order valence-electron chi connectivity index (χ4n) is 2.73. The van der Waals surface area contributed by atoms with Crippen LogP contribution < -0.4 is 5.32 Å². The Morgan fingerprint density at radius 2 is 1.93 bits per heavy atom. The summed E-state index contributed by atoms with van der Waals surface area (Å²) in [5.74, 6) is 0. The van der Waals surface area contributed by atoms with Crippen LogP contribution in [0.4, 0.5) is 0 Å². The maximum Gasteiger partial charge on any atom is 0.0161 e. The largest absolute Gasteiger partial charge is 0.316 e. The van der Waals surface area contributed by atoms with E-state index in [1.807, 2.05) is 0 Å². The Labute approximate surface area is 92.9 Å². The van der Waals surface area contributed by atoms with Crippen molar-refractivity contribution in [3.63, 3.8) is 0 Å². The molecule has 1 unspecified atom stereocenters. The van der Waals surface area contributed by atoms with Crippen molar-refractivity contribution < 1.29 is 0 Å². The van der Waals surface area contributed by atoms with E-state index in [4.69, 9.17) is 0 Å². The quantitative estimate of drug-likeness (QED) is 0.775. The SMILES string of the molecule is CCCC(NC)C1(c2ccccc2)CC1. The highest BCUT2D eigenvalue weighted by Gasteiger charge is 2.49. The molecule has 0 aromatic heterocycles. The number of nitrogens with one attached hydrogen (secondary N) is 1. The Bertz CT molecular complexity index is 300. The van der Waals surface area contributed by atoms with Gasteiger partial charge in [-0.3, -0.25) is 0 Å². The Balaban J connectivity index is 2.19. The van der Waals surface area contributed by atoms with Crippen LogP contribution in [0.15, 0.2) is 30.3 Å². The average Bonchev–Trinajstić information content (AvgIpc) is 3.08. The molecule has 0 radical (unpaired) electrons. The molecule has 1 aromatic carbocycles. The number of hydrogen-bond donors (Lipinski definition) is 1. The summed E-state index contributed by atoms with van der Waals surface area (Å²) in [6.45, 7) is 2.27. The predicted molar refractivity (Wildman–Crippen MR) is 65.1 cm³/mol. The van der Waals surface area contributed by atoms with Gasteiger partial charge in [0.25, 0.3) is 0 Å². The van der Waals surface area contributed by atoms with Gasteiger partial charge in [-0.25, -0.2) is 0 Å². The van der Waals surface area contributed by atoms with Crippen LogP contribution in [-0.2, 0) is 5.41 Å². The third-order valence-electron chi connectivity index (χ3n) is 3.73. The van der Waals surface area contributed by atoms with Gasteiger partial charge in [-0.1, -0.05) is 43.7 Å². The highest BCUT2D eigenvalue weighted by atomic mass is 14.9. The van der Waals surface area contributed by atoms with E-state index in [1.165, 1.54) is 31.2 Å². The smallest absolute Gasteiger partial charge is 0.0161 e. The minimum absolute atomic E-state index is 0.450. The molecule has 0 aliphatic heterocycles. The van der Waals surface area contributed by atoms with Gasteiger partial charge in [0.2, 0.25) is 0 Å². The van der Waals surface area contributed by atoms with E-state index in [0.29, 0.717) is 11.5 Å². The average molecular weight is 203 g/mol. The molecule has 15 heavy (non-hydrogen) atoms. The lowest BCUT2D eigenvalue weighted by atomic mass is 9.86. The van der Waals surface area contributed by atoms with Crippen LogP contribution in [0.3, 0.4) is 0 Å². The molecule has 1 aromatic rings. The summed E-state index contributed by atoms with van der Waals surface area (Å²) < 4.78 is 0. The van der Waals surface area contributed by atoms with Crippen molar-refractivity contribution in [1.29, 1.82) is 0 Å². The number of hydrogen-bond acceptors (Lipinski definition) is 1. The van der Waals surface area contributed by atoms with Gasteiger partial charge in [-0.15, -0.1) is 0 Å². The molecule has 0 amide bonds. The first-order valence-electron chi connectivity index (χ1n) is 6.06. The lowest BCUT2D eigenvalue weighted by Crippen LogP contribution is -2.37. The van der Waals surface area contributed by atoms with Crippen LogP contribution in [0.5, 0.6) is 0 Å². The molecule has 0 saturated heterocycles. The van der Waals surface area contributed by atoms with Crippen LogP contribution in [0.1, 0.15) is 38.2 Å². The van der Waals surface area contributed by atoms with Crippen LogP contribution in [0.25, 0.3) is 0 Å². The molecular weight excluding hydrogens is 182 g/mol. The topological polar surface area (TPSA) is 12.0 Å². The fourth-order valence-corrected chi connectivity index (χ4v) is 2.73. The minimum Gasteiger partial charge on any atom is -0.316 e. The zero-order valence-electron chi connectivity index (χ0n) is 9.79. The Morgan fingerprint density at radius 3 is 2.40 bits per heavy atom. The molecule has 1 atom stereocenters. The zero-order chi connectivity index (χ0) is 10.7. The summed E-state index contributed by atoms with van der Waals surface area (Å²) in [4.78, 5) is 0. The Morgan fingerprint density at radius 1 is 1.27 bits per heavy atom. The van der Waals surface area contributed by atoms with Crippen molar-refractivity contribution in [2.24, 2.45) is 0 Å². The molecule has 1 nitrogen and oxygen atoms in total. The molecule has 1 N–H and O–H groups in total. The number of rotatable bonds is 5. The van der Waals surface area contributed by atoms with Gasteiger partial charge in [-0.05, 0) is 31.9 Å². The second-order valence-electron chi connectivity index (χ2n) is 4.65. The van der Waals surface area contributed by atoms with E-state index in [0.717, 1.165) is 0 Å². The molecule has 82 valence electrons. The summed E-state index contributed by atoms with van der Waals surface area (Å²) in [6, 6.07) is 11.7. The molecule has 1 aliphatic carbocycles. The first kappa shape index (κ1) is 10.7. The van der Waals surface area contributed by atoms with Crippen molar-refractivity contribution in [3.8, 4) is 0 Å². The van der Waals surface area contributed by atoms with Crippen molar-refractivity contribution >= 4 is 0 Å². The van der Waals surface area contributed by atoms with Crippen molar-refractivity contribution in [2.75, 3.05) is 7.05 Å². The van der Waals surface area contributed by atoms with Crippen LogP contribution in [0.2, 0.25) is 0 Å². The fraction of sp³-hybridized carbons (Fsp3) is 0.571. The van der Waals surface area contributed by atoms with Crippen LogP contribution in [0, 0.1) is 0 Å². The third-order valence-corrected chi connectivity index (χ3v) is 3.73. The first-order chi connectivity index (χ1) is 7.33. The van der Waals surface area contributed by atoms with Gasteiger partial charge in [-0.2, -0.15) is 0 Å². The zero-order valence-corrected chi connectivity index (χ0v) is 9.79. The highest BCUT2D eigenvalue weighted by molar-refractivity contribution is 5.33. The monoisotopic (exact) mass is 203 g/mol. The van der Waals surface area contributed by atoms with E-state index >= 15 is 0 Å². The lowest BCUT2D eigenvalue weighted by Gasteiger charge is -2.27. The van der Waals surface area contributed by atoms with Crippen molar-refractivity contribution in [2.45, 2.75) is 44.1 Å². The summed E-state index contributed by atoms with van der Waals surface area (Å²) in [6.07, 6.45) is 5.25. The van der Waals surface area contributed by atoms with Crippen LogP contribution in [-0.4, -0.2) is 13.1 Å². The normalized spacial score (nSPS) is 19.9. The molecule has 1 fully saturated rings. The first-order valence-corrected chi connectivity index (χ1v) is 6.06. The van der Waals surface area contributed by atoms with Gasteiger partial charge < -0.3 is 5.32 Å². The predicted octanol–water partition coefficient (Wildman–Crippen LogP) is 3.11. The molecule has 0 bridgehead atoms. The van der Waals surface area contributed by atoms with Crippen LogP contribution >= 0.6 is 0 Å². The van der Waals surface area contributed by atoms with E-state index in [1.54, 1.807) is 0 Å². The summed E-state index contributed by atoms with van der Waals surface area (Å²) in [5.41, 5.74) is 1.98. The van der Waals surface area contributed by atoms with Gasteiger partial charge >= 0.3 is 0 Å². The van der Waals surface area contributed by atoms with Crippen molar-refractivity contribution in [3.05, 3.63) is 35.9 Å². The van der Waals surface area contributed by atoms with E-state index in [9.17, 15) is 0 Å². The van der Waals surface area contributed by atoms with Crippen molar-refractivity contribution in [1.82, 2.24) is 5.32 Å².